The van der Waals surface area contributed by atoms with E-state index in [-0.39, 0.29) is 78.6 Å². The Bertz CT molecular complexity index is 8.00. The molecule has 0 aliphatic heterocycles. The normalized spacial score (nSPS) is 0. The van der Waals surface area contributed by atoms with Crippen molar-refractivity contribution in [3.05, 3.63) is 0 Å². The Morgan fingerprint density at radius 3 is 1.00 bits per heavy atom. The maximum atomic E-state index is 0. The second-order valence-electron chi connectivity index (χ2n) is 0. The molecule has 0 heterocycles. The Kier molecular flexibility index (Phi) is 141. The zero-order valence-corrected chi connectivity index (χ0v) is 5.82. The van der Waals surface area contributed by atoms with Crippen LogP contribution in [0.5, 0.6) is 0 Å². The van der Waals surface area contributed by atoms with Crippen LogP contribution in [0.2, 0.25) is 0 Å². The molecule has 0 N–H and O–H groups in total. The first-order chi connectivity index (χ1) is 0. The fourth-order valence-corrected chi connectivity index (χ4v) is 0. The molecule has 4 heteroatoms. The molecule has 0 spiro atoms. The van der Waals surface area contributed by atoms with Gasteiger partial charge in [0, 0.05) is 59.8 Å². The molecule has 0 unspecified atom stereocenters. The third-order valence-electron chi connectivity index (χ3n) is 0. The van der Waals surface area contributed by atoms with E-state index in [1.54, 1.807) is 0 Å². The smallest absolute Gasteiger partial charge is 0 e. The summed E-state index contributed by atoms with van der Waals surface area (Å²) < 4.78 is 0. The van der Waals surface area contributed by atoms with Gasteiger partial charge in [0.1, 0.15) is 0 Å². The predicted molar refractivity (Wildman–Crippen MR) is 7.15 cm³/mol. The zero-order chi connectivity index (χ0) is 0. The second-order valence-corrected chi connectivity index (χ2v) is 0. The molecule has 0 saturated carbocycles. The first-order valence-corrected chi connectivity index (χ1v) is 0. The molecule has 4 heavy (non-hydrogen) atoms. The maximum absolute atomic E-state index is 0. The van der Waals surface area contributed by atoms with Crippen LogP contribution in [0.25, 0.3) is 0 Å². The molecule has 0 nitrogen and oxygen atoms in total. The van der Waals surface area contributed by atoms with Gasteiger partial charge in [-0.2, -0.15) is 0 Å². The molecule has 23 valence electrons. The van der Waals surface area contributed by atoms with Crippen LogP contribution in [0.4, 0.5) is 0 Å². The molecule has 0 aromatic heterocycles. The van der Waals surface area contributed by atoms with Crippen molar-refractivity contribution in [2.75, 3.05) is 0 Å². The average Bonchev–Trinajstić information content (AvgIpc) is 0. The largest absolute Gasteiger partial charge is 0 e. The van der Waals surface area contributed by atoms with Crippen LogP contribution in [0.15, 0.2) is 0 Å². The maximum Gasteiger partial charge on any atom is 0 e. The van der Waals surface area contributed by atoms with Crippen molar-refractivity contribution in [3.8, 4) is 0 Å². The molecule has 0 bridgehead atoms. The minimum absolute atomic E-state index is 0. The summed E-state index contributed by atoms with van der Waals surface area (Å²) in [5, 5.41) is 0. The summed E-state index contributed by atoms with van der Waals surface area (Å²) in [7, 11) is 0. The van der Waals surface area contributed by atoms with Gasteiger partial charge in [0.2, 0.25) is 0 Å². The summed E-state index contributed by atoms with van der Waals surface area (Å²) in [5.41, 5.74) is 0. The van der Waals surface area contributed by atoms with Crippen LogP contribution in [-0.2, 0) is 59.8 Å². The van der Waals surface area contributed by atoms with Gasteiger partial charge in [-0.25, -0.2) is 0 Å². The van der Waals surface area contributed by atoms with Crippen molar-refractivity contribution in [3.63, 3.8) is 0 Å². The van der Waals surface area contributed by atoms with Crippen LogP contribution >= 0.6 is 0 Å². The van der Waals surface area contributed by atoms with Crippen molar-refractivity contribution < 1.29 is 59.8 Å². The standard InChI is InChI=1S/Li.Mn.Ni.Zr.H. The molecule has 0 aromatic rings. The Morgan fingerprint density at radius 2 is 1.00 bits per heavy atom. The number of rotatable bonds is 0. The van der Waals surface area contributed by atoms with E-state index >= 15 is 0 Å². The predicted octanol–water partition coefficient (Wildman–Crippen LogP) is -0.656. The minimum Gasteiger partial charge on any atom is 0 e. The molecule has 0 saturated heterocycles. The summed E-state index contributed by atoms with van der Waals surface area (Å²) in [6, 6.07) is 0. The van der Waals surface area contributed by atoms with Crippen LogP contribution in [0.3, 0.4) is 0 Å². The van der Waals surface area contributed by atoms with Gasteiger partial charge in [0.25, 0.3) is 0 Å². The van der Waals surface area contributed by atoms with E-state index in [0.717, 1.165) is 0 Å². The van der Waals surface area contributed by atoms with E-state index in [9.17, 15) is 0 Å². The van der Waals surface area contributed by atoms with Crippen molar-refractivity contribution in [1.29, 1.82) is 0 Å². The quantitative estimate of drug-likeness (QED) is 0.468. The molecule has 0 aliphatic carbocycles. The summed E-state index contributed by atoms with van der Waals surface area (Å²) in [5.74, 6) is 0. The number of hydrogen-bond acceptors (Lipinski definition) is 0. The van der Waals surface area contributed by atoms with Crippen molar-refractivity contribution >= 4 is 18.9 Å². The third-order valence-corrected chi connectivity index (χ3v) is 0. The van der Waals surface area contributed by atoms with E-state index in [1.165, 1.54) is 0 Å². The topological polar surface area (TPSA) is 0 Å². The van der Waals surface area contributed by atoms with Crippen LogP contribution in [0, 0.1) is 0 Å². The van der Waals surface area contributed by atoms with Gasteiger partial charge in [0.05, 0.1) is 0 Å². The fraction of sp³-hybridized carbons (Fsp3) is 0. The Balaban J connectivity index is 0. The molecule has 0 amide bonds. The summed E-state index contributed by atoms with van der Waals surface area (Å²) in [4.78, 5) is 0. The summed E-state index contributed by atoms with van der Waals surface area (Å²) in [6.45, 7) is 0. The Hall–Kier alpha value is 2.49. The molecular formula is HLiMnNiZr. The van der Waals surface area contributed by atoms with E-state index in [0.29, 0.717) is 0 Å². The summed E-state index contributed by atoms with van der Waals surface area (Å²) >= 11 is 0. The molecule has 0 rings (SSSR count). The van der Waals surface area contributed by atoms with E-state index < -0.39 is 0 Å². The van der Waals surface area contributed by atoms with Gasteiger partial charge >= 0.3 is 18.9 Å². The second kappa shape index (κ2) is 17.8. The van der Waals surface area contributed by atoms with Crippen molar-refractivity contribution in [2.24, 2.45) is 0 Å². The van der Waals surface area contributed by atoms with Gasteiger partial charge in [-0.1, -0.05) is 0 Å². The van der Waals surface area contributed by atoms with Crippen LogP contribution in [0.1, 0.15) is 0 Å². The van der Waals surface area contributed by atoms with E-state index in [2.05, 4.69) is 0 Å². The summed E-state index contributed by atoms with van der Waals surface area (Å²) in [6.07, 6.45) is 0. The van der Waals surface area contributed by atoms with Gasteiger partial charge in [-0.15, -0.1) is 0 Å². The third kappa shape index (κ3) is 8.82. The van der Waals surface area contributed by atoms with Gasteiger partial charge < -0.3 is 0 Å². The molecule has 1 radical (unpaired) electrons. The molecule has 0 aromatic carbocycles. The fourth-order valence-electron chi connectivity index (χ4n) is 0. The zero-order valence-electron chi connectivity index (χ0n) is 1.19. The first-order valence-electron chi connectivity index (χ1n) is 0. The van der Waals surface area contributed by atoms with E-state index in [4.69, 9.17) is 0 Å². The van der Waals surface area contributed by atoms with Crippen LogP contribution < -0.4 is 0 Å². The Morgan fingerprint density at radius 1 is 1.00 bits per heavy atom. The first kappa shape index (κ1) is 31.5. The van der Waals surface area contributed by atoms with Gasteiger partial charge in [-0.05, 0) is 0 Å². The van der Waals surface area contributed by atoms with Gasteiger partial charge in [-0.3, -0.25) is 0 Å². The van der Waals surface area contributed by atoms with Crippen molar-refractivity contribution in [2.45, 2.75) is 0 Å². The molecule has 0 aliphatic rings. The Labute approximate surface area is 77.6 Å². The van der Waals surface area contributed by atoms with Gasteiger partial charge in [0.15, 0.2) is 0 Å². The van der Waals surface area contributed by atoms with E-state index in [1.807, 2.05) is 0 Å². The van der Waals surface area contributed by atoms with Crippen LogP contribution in [-0.4, -0.2) is 18.9 Å². The molecule has 0 fully saturated rings. The molecule has 0 atom stereocenters. The average molecular weight is 213 g/mol. The number of hydrogen-bond donors (Lipinski definition) is 0. The van der Waals surface area contributed by atoms with Crippen molar-refractivity contribution in [1.82, 2.24) is 0 Å². The minimum atomic E-state index is 0. The monoisotopic (exact) mass is 211 g/mol. The molecular weight excluding hydrogens is 212 g/mol. The SMILES string of the molecule is [LiH].[Mn].[Ni].[Zr].